The molecule has 0 saturated carbocycles. The number of rotatable bonds is 8. The number of anilines is 4. The van der Waals surface area contributed by atoms with Crippen molar-refractivity contribution in [3.63, 3.8) is 0 Å². The summed E-state index contributed by atoms with van der Waals surface area (Å²) in [5.74, 6) is 0.503. The van der Waals surface area contributed by atoms with Gasteiger partial charge < -0.3 is 20.5 Å². The molecule has 0 amide bonds. The standard InChI is InChI=1S/C26H31N7O2S/c1-32(36(2,34)35)24-6-4-3-5-20(24)18-33-16-13-19-17-28-26(31-25(19)33)30-22-9-7-21(8-10-22)29-23-11-14-27-15-12-23/h3-10,13,16-17,23,27,29H,11-12,14-15,18H2,1-2H3,(H,28,30,31). The molecule has 1 aliphatic heterocycles. The van der Waals surface area contributed by atoms with Gasteiger partial charge in [0, 0.05) is 42.2 Å². The van der Waals surface area contributed by atoms with E-state index in [0.29, 0.717) is 24.2 Å². The van der Waals surface area contributed by atoms with E-state index in [2.05, 4.69) is 33.1 Å². The number of hydrogen-bond donors (Lipinski definition) is 3. The van der Waals surface area contributed by atoms with Gasteiger partial charge in [-0.1, -0.05) is 18.2 Å². The largest absolute Gasteiger partial charge is 0.382 e. The number of piperidine rings is 1. The summed E-state index contributed by atoms with van der Waals surface area (Å²) < 4.78 is 27.6. The highest BCUT2D eigenvalue weighted by Gasteiger charge is 2.17. The second kappa shape index (κ2) is 10.2. The molecule has 0 bridgehead atoms. The monoisotopic (exact) mass is 505 g/mol. The maximum atomic E-state index is 12.1. The van der Waals surface area contributed by atoms with Crippen molar-refractivity contribution < 1.29 is 8.42 Å². The number of para-hydroxylation sites is 1. The minimum atomic E-state index is -3.37. The molecule has 2 aromatic carbocycles. The Hall–Kier alpha value is -3.63. The Balaban J connectivity index is 1.33. The summed E-state index contributed by atoms with van der Waals surface area (Å²) in [5.41, 5.74) is 4.31. The Bertz CT molecular complexity index is 1440. The van der Waals surface area contributed by atoms with Crippen LogP contribution in [0.25, 0.3) is 11.0 Å². The molecule has 3 heterocycles. The van der Waals surface area contributed by atoms with E-state index in [-0.39, 0.29) is 0 Å². The maximum absolute atomic E-state index is 12.1. The molecule has 0 aliphatic carbocycles. The van der Waals surface area contributed by atoms with Gasteiger partial charge in [-0.05, 0) is 67.9 Å². The number of nitrogens with zero attached hydrogens (tertiary/aromatic N) is 4. The first-order valence-electron chi connectivity index (χ1n) is 12.0. The zero-order chi connectivity index (χ0) is 25.1. The topological polar surface area (TPSA) is 104 Å². The lowest BCUT2D eigenvalue weighted by atomic mass is 10.1. The Kier molecular flexibility index (Phi) is 6.80. The van der Waals surface area contributed by atoms with Crippen molar-refractivity contribution in [3.05, 3.63) is 72.6 Å². The first-order valence-corrected chi connectivity index (χ1v) is 13.9. The minimum Gasteiger partial charge on any atom is -0.382 e. The lowest BCUT2D eigenvalue weighted by molar-refractivity contribution is 0.479. The number of benzene rings is 2. The average Bonchev–Trinajstić information content (AvgIpc) is 3.27. The summed E-state index contributed by atoms with van der Waals surface area (Å²) in [5, 5.41) is 11.2. The van der Waals surface area contributed by atoms with Crippen molar-refractivity contribution >= 4 is 44.1 Å². The summed E-state index contributed by atoms with van der Waals surface area (Å²) in [6, 6.07) is 18.1. The molecule has 5 rings (SSSR count). The van der Waals surface area contributed by atoms with Crippen LogP contribution in [0.1, 0.15) is 18.4 Å². The van der Waals surface area contributed by atoms with Crippen LogP contribution in [-0.2, 0) is 16.6 Å². The van der Waals surface area contributed by atoms with Gasteiger partial charge in [0.25, 0.3) is 0 Å². The number of fused-ring (bicyclic) bond motifs is 1. The minimum absolute atomic E-state index is 0.479. The van der Waals surface area contributed by atoms with Crippen molar-refractivity contribution in [1.82, 2.24) is 19.9 Å². The first-order chi connectivity index (χ1) is 17.4. The normalized spacial score (nSPS) is 14.6. The second-order valence-corrected chi connectivity index (χ2v) is 11.2. The molecule has 10 heteroatoms. The summed E-state index contributed by atoms with van der Waals surface area (Å²) >= 11 is 0. The van der Waals surface area contributed by atoms with E-state index in [0.717, 1.165) is 53.9 Å². The van der Waals surface area contributed by atoms with Gasteiger partial charge in [-0.2, -0.15) is 4.98 Å². The van der Waals surface area contributed by atoms with E-state index >= 15 is 0 Å². The van der Waals surface area contributed by atoms with Gasteiger partial charge in [0.05, 0.1) is 18.5 Å². The highest BCUT2D eigenvalue weighted by Crippen LogP contribution is 2.25. The van der Waals surface area contributed by atoms with Crippen LogP contribution < -0.4 is 20.3 Å². The number of sulfonamides is 1. The van der Waals surface area contributed by atoms with Crippen molar-refractivity contribution in [3.8, 4) is 0 Å². The SMILES string of the molecule is CN(c1ccccc1Cn1ccc2cnc(Nc3ccc(NC4CCNCC4)cc3)nc21)S(C)(=O)=O. The smallest absolute Gasteiger partial charge is 0.232 e. The van der Waals surface area contributed by atoms with Crippen LogP contribution >= 0.6 is 0 Å². The van der Waals surface area contributed by atoms with Gasteiger partial charge in [0.15, 0.2) is 0 Å². The van der Waals surface area contributed by atoms with Crippen LogP contribution in [-0.4, -0.2) is 55.4 Å². The average molecular weight is 506 g/mol. The summed E-state index contributed by atoms with van der Waals surface area (Å²) in [6.07, 6.45) is 7.20. The molecule has 1 saturated heterocycles. The van der Waals surface area contributed by atoms with Crippen molar-refractivity contribution in [2.24, 2.45) is 0 Å². The van der Waals surface area contributed by atoms with Crippen LogP contribution in [0.5, 0.6) is 0 Å². The van der Waals surface area contributed by atoms with Crippen molar-refractivity contribution in [1.29, 1.82) is 0 Å². The first kappa shape index (κ1) is 24.1. The van der Waals surface area contributed by atoms with E-state index in [9.17, 15) is 8.42 Å². The molecule has 1 aliphatic rings. The van der Waals surface area contributed by atoms with Crippen LogP contribution in [0.4, 0.5) is 23.0 Å². The Morgan fingerprint density at radius 1 is 1.06 bits per heavy atom. The molecule has 0 unspecified atom stereocenters. The second-order valence-electron chi connectivity index (χ2n) is 9.15. The molecule has 2 aromatic heterocycles. The summed E-state index contributed by atoms with van der Waals surface area (Å²) in [6.45, 7) is 2.59. The molecule has 36 heavy (non-hydrogen) atoms. The van der Waals surface area contributed by atoms with Gasteiger partial charge in [-0.15, -0.1) is 0 Å². The number of hydrogen-bond acceptors (Lipinski definition) is 7. The number of aromatic nitrogens is 3. The molecular formula is C26H31N7O2S. The fourth-order valence-corrected chi connectivity index (χ4v) is 4.99. The predicted molar refractivity (Wildman–Crippen MR) is 146 cm³/mol. The molecule has 188 valence electrons. The van der Waals surface area contributed by atoms with E-state index in [1.165, 1.54) is 10.6 Å². The van der Waals surface area contributed by atoms with Gasteiger partial charge in [0.1, 0.15) is 5.65 Å². The zero-order valence-electron chi connectivity index (χ0n) is 20.5. The fourth-order valence-electron chi connectivity index (χ4n) is 4.45. The molecule has 9 nitrogen and oxygen atoms in total. The molecule has 0 atom stereocenters. The van der Waals surface area contributed by atoms with Crippen LogP contribution in [0, 0.1) is 0 Å². The van der Waals surface area contributed by atoms with Gasteiger partial charge in [0.2, 0.25) is 16.0 Å². The van der Waals surface area contributed by atoms with Gasteiger partial charge in [-0.25, -0.2) is 13.4 Å². The Morgan fingerprint density at radius 3 is 2.53 bits per heavy atom. The van der Waals surface area contributed by atoms with E-state index in [1.807, 2.05) is 53.2 Å². The lowest BCUT2D eigenvalue weighted by Gasteiger charge is -2.24. The predicted octanol–water partition coefficient (Wildman–Crippen LogP) is 3.78. The lowest BCUT2D eigenvalue weighted by Crippen LogP contribution is -2.35. The highest BCUT2D eigenvalue weighted by atomic mass is 32.2. The molecule has 0 radical (unpaired) electrons. The molecular weight excluding hydrogens is 474 g/mol. The number of nitrogens with one attached hydrogen (secondary N) is 3. The molecule has 1 fully saturated rings. The molecule has 0 spiro atoms. The van der Waals surface area contributed by atoms with Crippen molar-refractivity contribution in [2.45, 2.75) is 25.4 Å². The van der Waals surface area contributed by atoms with E-state index < -0.39 is 10.0 Å². The molecule has 4 aromatic rings. The van der Waals surface area contributed by atoms with Crippen LogP contribution in [0.3, 0.4) is 0 Å². The highest BCUT2D eigenvalue weighted by molar-refractivity contribution is 7.92. The van der Waals surface area contributed by atoms with Gasteiger partial charge >= 0.3 is 0 Å². The third kappa shape index (κ3) is 5.44. The van der Waals surface area contributed by atoms with Crippen molar-refractivity contribution in [2.75, 3.05) is 41.3 Å². The quantitative estimate of drug-likeness (QED) is 0.335. The van der Waals surface area contributed by atoms with Crippen LogP contribution in [0.15, 0.2) is 67.0 Å². The molecule has 3 N–H and O–H groups in total. The van der Waals surface area contributed by atoms with Crippen LogP contribution in [0.2, 0.25) is 0 Å². The summed E-state index contributed by atoms with van der Waals surface area (Å²) in [7, 11) is -1.80. The Morgan fingerprint density at radius 2 is 1.78 bits per heavy atom. The fraction of sp³-hybridized carbons (Fsp3) is 0.308. The van der Waals surface area contributed by atoms with E-state index in [1.54, 1.807) is 13.2 Å². The van der Waals surface area contributed by atoms with E-state index in [4.69, 9.17) is 4.98 Å². The maximum Gasteiger partial charge on any atom is 0.232 e. The van der Waals surface area contributed by atoms with Gasteiger partial charge in [-0.3, -0.25) is 4.31 Å². The third-order valence-corrected chi connectivity index (χ3v) is 7.71. The summed E-state index contributed by atoms with van der Waals surface area (Å²) in [4.78, 5) is 9.22. The third-order valence-electron chi connectivity index (χ3n) is 6.52. The zero-order valence-corrected chi connectivity index (χ0v) is 21.3. The Labute approximate surface area is 211 Å².